The summed E-state index contributed by atoms with van der Waals surface area (Å²) in [6.45, 7) is 6.38. The van der Waals surface area contributed by atoms with Crippen LogP contribution in [0.4, 0.5) is 28.4 Å². The SMILES string of the molecule is CC1=CCC(Nc2ccc(C(c3ccc(Nc4ccc(C)cc4)cc3)c3ccc(Nc4ccc(C)cc4)cc3)c3ccccc23)C=C1. The molecule has 1 atom stereocenters. The monoisotopic (exact) mass is 611 g/mol. The predicted octanol–water partition coefficient (Wildman–Crippen LogP) is 11.8. The van der Waals surface area contributed by atoms with E-state index in [-0.39, 0.29) is 12.0 Å². The van der Waals surface area contributed by atoms with Gasteiger partial charge in [0.15, 0.2) is 0 Å². The van der Waals surface area contributed by atoms with E-state index in [1.54, 1.807) is 0 Å². The fraction of sp³-hybridized carbons (Fsp3) is 0.136. The molecule has 0 amide bonds. The molecule has 3 heteroatoms. The average Bonchev–Trinajstić information content (AvgIpc) is 3.10. The summed E-state index contributed by atoms with van der Waals surface area (Å²) in [5.41, 5.74) is 13.1. The van der Waals surface area contributed by atoms with Crippen LogP contribution in [0, 0.1) is 13.8 Å². The molecule has 0 radical (unpaired) electrons. The van der Waals surface area contributed by atoms with Crippen LogP contribution in [0.1, 0.15) is 47.1 Å². The van der Waals surface area contributed by atoms with Gasteiger partial charge in [-0.2, -0.15) is 0 Å². The molecule has 0 spiro atoms. The lowest BCUT2D eigenvalue weighted by molar-refractivity contribution is 0.875. The van der Waals surface area contributed by atoms with Gasteiger partial charge in [-0.05, 0) is 104 Å². The van der Waals surface area contributed by atoms with E-state index in [9.17, 15) is 0 Å². The zero-order chi connectivity index (χ0) is 32.2. The van der Waals surface area contributed by atoms with E-state index in [2.05, 4.69) is 188 Å². The summed E-state index contributed by atoms with van der Waals surface area (Å²) >= 11 is 0. The lowest BCUT2D eigenvalue weighted by atomic mass is 9.82. The lowest BCUT2D eigenvalue weighted by Gasteiger charge is -2.24. The highest BCUT2D eigenvalue weighted by molar-refractivity contribution is 5.97. The van der Waals surface area contributed by atoms with Gasteiger partial charge in [0.1, 0.15) is 0 Å². The van der Waals surface area contributed by atoms with Crippen molar-refractivity contribution in [3.8, 4) is 0 Å². The maximum atomic E-state index is 3.81. The Hall–Kier alpha value is -5.54. The van der Waals surface area contributed by atoms with E-state index in [1.807, 2.05) is 0 Å². The molecule has 3 nitrogen and oxygen atoms in total. The number of hydrogen-bond donors (Lipinski definition) is 3. The Labute approximate surface area is 278 Å². The second-order valence-electron chi connectivity index (χ2n) is 12.7. The first-order valence-corrected chi connectivity index (χ1v) is 16.5. The smallest absolute Gasteiger partial charge is 0.0482 e. The summed E-state index contributed by atoms with van der Waals surface area (Å²) < 4.78 is 0. The van der Waals surface area contributed by atoms with Crippen molar-refractivity contribution >= 4 is 39.2 Å². The van der Waals surface area contributed by atoms with Gasteiger partial charge in [0.25, 0.3) is 0 Å². The third-order valence-electron chi connectivity index (χ3n) is 9.06. The molecule has 3 N–H and O–H groups in total. The van der Waals surface area contributed by atoms with Crippen molar-refractivity contribution < 1.29 is 0 Å². The van der Waals surface area contributed by atoms with Crippen LogP contribution in [0.15, 0.2) is 157 Å². The number of nitrogens with one attached hydrogen (secondary N) is 3. The highest BCUT2D eigenvalue weighted by Crippen LogP contribution is 2.40. The molecule has 232 valence electrons. The van der Waals surface area contributed by atoms with Crippen LogP contribution >= 0.6 is 0 Å². The molecular weight excluding hydrogens is 571 g/mol. The van der Waals surface area contributed by atoms with E-state index in [4.69, 9.17) is 0 Å². The van der Waals surface area contributed by atoms with Crippen LogP contribution in [0.5, 0.6) is 0 Å². The Morgan fingerprint density at radius 2 is 1.02 bits per heavy atom. The number of anilines is 5. The van der Waals surface area contributed by atoms with Crippen LogP contribution in [-0.2, 0) is 0 Å². The van der Waals surface area contributed by atoms with Gasteiger partial charge >= 0.3 is 0 Å². The minimum Gasteiger partial charge on any atom is -0.378 e. The summed E-state index contributed by atoms with van der Waals surface area (Å²) in [6, 6.07) is 48.6. The largest absolute Gasteiger partial charge is 0.378 e. The van der Waals surface area contributed by atoms with Crippen LogP contribution < -0.4 is 16.0 Å². The first kappa shape index (κ1) is 30.1. The summed E-state index contributed by atoms with van der Waals surface area (Å²) in [6.07, 6.45) is 7.79. The lowest BCUT2D eigenvalue weighted by Crippen LogP contribution is -2.18. The minimum absolute atomic E-state index is 0.0518. The first-order valence-electron chi connectivity index (χ1n) is 16.5. The Kier molecular flexibility index (Phi) is 8.62. The molecular formula is C44H41N3. The quantitative estimate of drug-likeness (QED) is 0.142. The van der Waals surface area contributed by atoms with Gasteiger partial charge in [0, 0.05) is 45.8 Å². The molecule has 7 rings (SSSR count). The molecule has 0 saturated carbocycles. The van der Waals surface area contributed by atoms with Gasteiger partial charge in [-0.1, -0.05) is 114 Å². The number of aryl methyl sites for hydroxylation is 2. The maximum absolute atomic E-state index is 3.81. The van der Waals surface area contributed by atoms with Crippen LogP contribution in [0.25, 0.3) is 10.8 Å². The second kappa shape index (κ2) is 13.4. The topological polar surface area (TPSA) is 36.1 Å². The van der Waals surface area contributed by atoms with E-state index >= 15 is 0 Å². The zero-order valence-electron chi connectivity index (χ0n) is 27.3. The van der Waals surface area contributed by atoms with Crippen LogP contribution in [0.2, 0.25) is 0 Å². The van der Waals surface area contributed by atoms with Gasteiger partial charge in [-0.25, -0.2) is 0 Å². The van der Waals surface area contributed by atoms with Gasteiger partial charge in [0.05, 0.1) is 0 Å². The number of allylic oxidation sites excluding steroid dienone is 2. The van der Waals surface area contributed by atoms with Gasteiger partial charge in [0.2, 0.25) is 0 Å². The summed E-state index contributed by atoms with van der Waals surface area (Å²) in [5, 5.41) is 13.4. The van der Waals surface area contributed by atoms with E-state index in [0.717, 1.165) is 29.2 Å². The predicted molar refractivity (Wildman–Crippen MR) is 202 cm³/mol. The van der Waals surface area contributed by atoms with Crippen molar-refractivity contribution in [3.05, 3.63) is 185 Å². The number of hydrogen-bond acceptors (Lipinski definition) is 3. The molecule has 1 unspecified atom stereocenters. The molecule has 0 fully saturated rings. The third kappa shape index (κ3) is 7.00. The van der Waals surface area contributed by atoms with Crippen molar-refractivity contribution in [2.45, 2.75) is 39.2 Å². The molecule has 1 aliphatic carbocycles. The number of rotatable bonds is 9. The summed E-state index contributed by atoms with van der Waals surface area (Å²) in [5.74, 6) is 0.0518. The van der Waals surface area contributed by atoms with Crippen LogP contribution in [-0.4, -0.2) is 6.04 Å². The van der Waals surface area contributed by atoms with Crippen molar-refractivity contribution in [1.29, 1.82) is 0 Å². The summed E-state index contributed by atoms with van der Waals surface area (Å²) in [7, 11) is 0. The number of fused-ring (bicyclic) bond motifs is 1. The third-order valence-corrected chi connectivity index (χ3v) is 9.06. The molecule has 6 aromatic rings. The molecule has 47 heavy (non-hydrogen) atoms. The molecule has 0 saturated heterocycles. The molecule has 0 aliphatic heterocycles. The van der Waals surface area contributed by atoms with Gasteiger partial charge < -0.3 is 16.0 Å². The fourth-order valence-electron chi connectivity index (χ4n) is 6.41. The van der Waals surface area contributed by atoms with E-state index in [1.165, 1.54) is 49.9 Å². The Morgan fingerprint density at radius 3 is 1.51 bits per heavy atom. The highest BCUT2D eigenvalue weighted by Gasteiger charge is 2.21. The summed E-state index contributed by atoms with van der Waals surface area (Å²) in [4.78, 5) is 0. The standard InChI is InChI=1S/C44H41N3/c1-30-8-18-35(19-9-30)45-37-24-14-33(15-25-37)44(34-16-26-38(27-17-34)46-36-20-10-31(2)11-21-36)42-28-29-43(41-7-5-4-6-40(41)42)47-39-22-12-32(3)13-23-39/h4-22,24-29,39,44-47H,23H2,1-3H3. The average molecular weight is 612 g/mol. The zero-order valence-corrected chi connectivity index (χ0v) is 27.3. The van der Waals surface area contributed by atoms with Crippen molar-refractivity contribution in [2.75, 3.05) is 16.0 Å². The van der Waals surface area contributed by atoms with Gasteiger partial charge in [-0.15, -0.1) is 0 Å². The highest BCUT2D eigenvalue weighted by atomic mass is 14.9. The second-order valence-corrected chi connectivity index (χ2v) is 12.7. The number of benzene rings is 6. The molecule has 6 aromatic carbocycles. The Morgan fingerprint density at radius 1 is 0.532 bits per heavy atom. The Bertz CT molecular complexity index is 1940. The van der Waals surface area contributed by atoms with Crippen molar-refractivity contribution in [3.63, 3.8) is 0 Å². The first-order chi connectivity index (χ1) is 23.0. The van der Waals surface area contributed by atoms with Crippen LogP contribution in [0.3, 0.4) is 0 Å². The fourth-order valence-corrected chi connectivity index (χ4v) is 6.41. The van der Waals surface area contributed by atoms with E-state index < -0.39 is 0 Å². The normalized spacial score (nSPS) is 14.2. The van der Waals surface area contributed by atoms with E-state index in [0.29, 0.717) is 0 Å². The van der Waals surface area contributed by atoms with Gasteiger partial charge in [-0.3, -0.25) is 0 Å². The maximum Gasteiger partial charge on any atom is 0.0482 e. The molecule has 1 aliphatic rings. The minimum atomic E-state index is 0.0518. The molecule has 0 bridgehead atoms. The van der Waals surface area contributed by atoms with Crippen molar-refractivity contribution in [2.24, 2.45) is 0 Å². The Balaban J connectivity index is 1.25. The molecule has 0 heterocycles. The van der Waals surface area contributed by atoms with Crippen molar-refractivity contribution in [1.82, 2.24) is 0 Å². The molecule has 0 aromatic heterocycles.